The number of fused-ring (bicyclic) bond motifs is 1. The minimum atomic E-state index is -0.592. The molecule has 1 heterocycles. The zero-order valence-corrected chi connectivity index (χ0v) is 18.4. The van der Waals surface area contributed by atoms with Crippen LogP contribution in [0.2, 0.25) is 0 Å². The molecule has 0 unspecified atom stereocenters. The van der Waals surface area contributed by atoms with Gasteiger partial charge in [-0.25, -0.2) is 0 Å². The molecule has 3 aromatic rings. The first-order valence-electron chi connectivity index (χ1n) is 9.94. The van der Waals surface area contributed by atoms with Crippen LogP contribution in [0.4, 0.5) is 5.69 Å². The molecule has 5 nitrogen and oxygen atoms in total. The van der Waals surface area contributed by atoms with Crippen LogP contribution in [0.5, 0.6) is 5.75 Å². The number of carbonyl (C=O) groups is 1. The molecule has 0 aliphatic heterocycles. The number of hydrogen-bond acceptors (Lipinski definition) is 4. The molecule has 0 saturated heterocycles. The van der Waals surface area contributed by atoms with Crippen molar-refractivity contribution in [2.45, 2.75) is 59.1 Å². The van der Waals surface area contributed by atoms with E-state index in [4.69, 9.17) is 4.74 Å². The first-order valence-corrected chi connectivity index (χ1v) is 10.8. The molecule has 1 aromatic heterocycles. The maximum absolute atomic E-state index is 12.7. The summed E-state index contributed by atoms with van der Waals surface area (Å²) in [6.45, 7) is 11.0. The Labute approximate surface area is 175 Å². The van der Waals surface area contributed by atoms with Gasteiger partial charge in [0.1, 0.15) is 5.75 Å². The molecule has 0 saturated carbocycles. The predicted octanol–water partition coefficient (Wildman–Crippen LogP) is 5.18. The Bertz CT molecular complexity index is 1060. The van der Waals surface area contributed by atoms with Crippen molar-refractivity contribution in [2.24, 2.45) is 0 Å². The molecule has 0 fully saturated rings. The summed E-state index contributed by atoms with van der Waals surface area (Å²) in [4.78, 5) is 24.8. The molecule has 0 spiro atoms. The molecule has 2 aromatic carbocycles. The van der Waals surface area contributed by atoms with Crippen molar-refractivity contribution in [1.29, 1.82) is 0 Å². The van der Waals surface area contributed by atoms with E-state index in [1.165, 1.54) is 16.9 Å². The number of amides is 1. The summed E-state index contributed by atoms with van der Waals surface area (Å²) in [5, 5.41) is 2.92. The third-order valence-corrected chi connectivity index (χ3v) is 5.86. The molecule has 0 bridgehead atoms. The van der Waals surface area contributed by atoms with Gasteiger partial charge in [-0.1, -0.05) is 51.2 Å². The SMILES string of the molecule is CC[C@@H](Oc1ccc(C(C)(C)C)cc1)C(=O)Nc1ccc2c(c1)sc(=O)n2CC. The molecule has 154 valence electrons. The van der Waals surface area contributed by atoms with E-state index in [0.29, 0.717) is 24.4 Å². The van der Waals surface area contributed by atoms with Crippen LogP contribution in [0.3, 0.4) is 0 Å². The minimum absolute atomic E-state index is 0.0134. The van der Waals surface area contributed by atoms with E-state index >= 15 is 0 Å². The predicted molar refractivity (Wildman–Crippen MR) is 120 cm³/mol. The number of aromatic nitrogens is 1. The van der Waals surface area contributed by atoms with Gasteiger partial charge in [0, 0.05) is 12.2 Å². The van der Waals surface area contributed by atoms with Gasteiger partial charge in [0.15, 0.2) is 6.10 Å². The smallest absolute Gasteiger partial charge is 0.308 e. The quantitative estimate of drug-likeness (QED) is 0.607. The molecule has 1 N–H and O–H groups in total. The van der Waals surface area contributed by atoms with Gasteiger partial charge in [-0.05, 0) is 54.7 Å². The van der Waals surface area contributed by atoms with Crippen molar-refractivity contribution in [3.63, 3.8) is 0 Å². The van der Waals surface area contributed by atoms with Gasteiger partial charge in [-0.2, -0.15) is 0 Å². The van der Waals surface area contributed by atoms with Crippen molar-refractivity contribution in [3.8, 4) is 5.75 Å². The molecule has 6 heteroatoms. The number of ether oxygens (including phenoxy) is 1. The summed E-state index contributed by atoms with van der Waals surface area (Å²) in [7, 11) is 0. The van der Waals surface area contributed by atoms with Crippen LogP contribution >= 0.6 is 11.3 Å². The minimum Gasteiger partial charge on any atom is -0.481 e. The molecule has 0 aliphatic rings. The lowest BCUT2D eigenvalue weighted by molar-refractivity contribution is -0.122. The number of carbonyl (C=O) groups excluding carboxylic acids is 1. The summed E-state index contributed by atoms with van der Waals surface area (Å²) in [6.07, 6.45) is -0.0422. The van der Waals surface area contributed by atoms with Crippen molar-refractivity contribution in [2.75, 3.05) is 5.32 Å². The maximum Gasteiger partial charge on any atom is 0.308 e. The monoisotopic (exact) mass is 412 g/mol. The van der Waals surface area contributed by atoms with E-state index in [-0.39, 0.29) is 16.2 Å². The van der Waals surface area contributed by atoms with E-state index in [1.807, 2.05) is 56.3 Å². The second-order valence-corrected chi connectivity index (χ2v) is 9.07. The van der Waals surface area contributed by atoms with Crippen molar-refractivity contribution >= 4 is 33.1 Å². The highest BCUT2D eigenvalue weighted by molar-refractivity contribution is 7.16. The highest BCUT2D eigenvalue weighted by atomic mass is 32.1. The summed E-state index contributed by atoms with van der Waals surface area (Å²) in [6, 6.07) is 13.4. The molecule has 1 amide bonds. The number of nitrogens with one attached hydrogen (secondary N) is 1. The zero-order chi connectivity index (χ0) is 21.2. The first-order chi connectivity index (χ1) is 13.7. The Morgan fingerprint density at radius 1 is 1.14 bits per heavy atom. The fraction of sp³-hybridized carbons (Fsp3) is 0.391. The Hall–Kier alpha value is -2.60. The van der Waals surface area contributed by atoms with E-state index < -0.39 is 6.10 Å². The van der Waals surface area contributed by atoms with Crippen LogP contribution in [0.25, 0.3) is 10.2 Å². The largest absolute Gasteiger partial charge is 0.481 e. The van der Waals surface area contributed by atoms with Gasteiger partial charge in [-0.15, -0.1) is 0 Å². The normalized spacial score (nSPS) is 12.7. The Kier molecular flexibility index (Phi) is 6.13. The van der Waals surface area contributed by atoms with Crippen LogP contribution in [0.15, 0.2) is 47.3 Å². The van der Waals surface area contributed by atoms with Gasteiger partial charge in [0.2, 0.25) is 0 Å². The number of aryl methyl sites for hydroxylation is 1. The maximum atomic E-state index is 12.7. The number of hydrogen-bond donors (Lipinski definition) is 1. The van der Waals surface area contributed by atoms with Crippen molar-refractivity contribution < 1.29 is 9.53 Å². The fourth-order valence-electron chi connectivity index (χ4n) is 3.19. The van der Waals surface area contributed by atoms with E-state index in [2.05, 4.69) is 26.1 Å². The van der Waals surface area contributed by atoms with Crippen LogP contribution in [-0.2, 0) is 16.8 Å². The van der Waals surface area contributed by atoms with Crippen molar-refractivity contribution in [3.05, 3.63) is 57.7 Å². The number of nitrogens with zero attached hydrogens (tertiary/aromatic N) is 1. The molecule has 3 rings (SSSR count). The third kappa shape index (κ3) is 4.70. The molecule has 1 atom stereocenters. The van der Waals surface area contributed by atoms with Crippen LogP contribution in [-0.4, -0.2) is 16.6 Å². The number of rotatable bonds is 6. The Morgan fingerprint density at radius 2 is 1.83 bits per heavy atom. The third-order valence-electron chi connectivity index (χ3n) is 4.91. The van der Waals surface area contributed by atoms with Gasteiger partial charge in [0.25, 0.3) is 5.91 Å². The Balaban J connectivity index is 1.73. The van der Waals surface area contributed by atoms with Gasteiger partial charge >= 0.3 is 4.87 Å². The lowest BCUT2D eigenvalue weighted by atomic mass is 9.87. The lowest BCUT2D eigenvalue weighted by Gasteiger charge is -2.21. The number of thiazole rings is 1. The number of anilines is 1. The molecular weight excluding hydrogens is 384 g/mol. The van der Waals surface area contributed by atoms with E-state index in [1.54, 1.807) is 4.57 Å². The average molecular weight is 413 g/mol. The second-order valence-electron chi connectivity index (χ2n) is 8.07. The highest BCUT2D eigenvalue weighted by Gasteiger charge is 2.20. The Morgan fingerprint density at radius 3 is 2.41 bits per heavy atom. The van der Waals surface area contributed by atoms with Crippen LogP contribution < -0.4 is 14.9 Å². The van der Waals surface area contributed by atoms with E-state index in [0.717, 1.165) is 10.2 Å². The molecule has 0 radical (unpaired) electrons. The standard InChI is InChI=1S/C23H28N2O3S/c1-6-19(28-17-11-8-15(9-12-17)23(3,4)5)21(26)24-16-10-13-18-20(14-16)29-22(27)25(18)7-2/h8-14,19H,6-7H2,1-5H3,(H,24,26)/t19-/m1/s1. The summed E-state index contributed by atoms with van der Waals surface area (Å²) >= 11 is 1.19. The zero-order valence-electron chi connectivity index (χ0n) is 17.6. The van der Waals surface area contributed by atoms with Gasteiger partial charge in [0.05, 0.1) is 10.2 Å². The van der Waals surface area contributed by atoms with Gasteiger partial charge in [-0.3, -0.25) is 14.2 Å². The average Bonchev–Trinajstić information content (AvgIpc) is 2.99. The van der Waals surface area contributed by atoms with Gasteiger partial charge < -0.3 is 10.1 Å². The fourth-order valence-corrected chi connectivity index (χ4v) is 4.18. The molecule has 29 heavy (non-hydrogen) atoms. The van der Waals surface area contributed by atoms with E-state index in [9.17, 15) is 9.59 Å². The summed E-state index contributed by atoms with van der Waals surface area (Å²) in [5.41, 5.74) is 2.84. The summed E-state index contributed by atoms with van der Waals surface area (Å²) in [5.74, 6) is 0.475. The highest BCUT2D eigenvalue weighted by Crippen LogP contribution is 2.26. The van der Waals surface area contributed by atoms with Crippen LogP contribution in [0, 0.1) is 0 Å². The number of benzene rings is 2. The second kappa shape index (κ2) is 8.41. The topological polar surface area (TPSA) is 60.3 Å². The van der Waals surface area contributed by atoms with Crippen molar-refractivity contribution in [1.82, 2.24) is 4.57 Å². The van der Waals surface area contributed by atoms with Crippen LogP contribution in [0.1, 0.15) is 46.6 Å². The lowest BCUT2D eigenvalue weighted by Crippen LogP contribution is -2.32. The first kappa shape index (κ1) is 21.1. The molecular formula is C23H28N2O3S. The molecule has 0 aliphatic carbocycles. The summed E-state index contributed by atoms with van der Waals surface area (Å²) < 4.78 is 8.52.